The van der Waals surface area contributed by atoms with E-state index in [0.29, 0.717) is 18.4 Å². The van der Waals surface area contributed by atoms with Crippen molar-refractivity contribution in [3.63, 3.8) is 0 Å². The van der Waals surface area contributed by atoms with Crippen LogP contribution in [0.25, 0.3) is 0 Å². The monoisotopic (exact) mass is 732 g/mol. The van der Waals surface area contributed by atoms with Crippen LogP contribution in [0.15, 0.2) is 30.3 Å². The van der Waals surface area contributed by atoms with Gasteiger partial charge in [-0.05, 0) is 48.5 Å². The minimum absolute atomic E-state index is 0.0359. The number of aliphatic carboxylic acids is 2. The van der Waals surface area contributed by atoms with E-state index in [1.54, 1.807) is 44.2 Å². The van der Waals surface area contributed by atoms with Crippen molar-refractivity contribution < 1.29 is 43.8 Å². The van der Waals surface area contributed by atoms with Gasteiger partial charge < -0.3 is 42.5 Å². The molecule has 0 saturated carbocycles. The Balaban J connectivity index is 3.34. The fraction of sp³-hybridized carbons (Fsp3) is 0.649. The average molecular weight is 733 g/mol. The quantitative estimate of drug-likeness (QED) is 0.0810. The van der Waals surface area contributed by atoms with Gasteiger partial charge >= 0.3 is 11.9 Å². The summed E-state index contributed by atoms with van der Waals surface area (Å²) < 4.78 is 0. The Morgan fingerprint density at radius 3 is 1.56 bits per heavy atom. The van der Waals surface area contributed by atoms with E-state index < -0.39 is 90.1 Å². The number of amides is 5. The molecule has 5 amide bonds. The number of hydrogen-bond donors (Lipinski definition) is 8. The van der Waals surface area contributed by atoms with E-state index in [1.165, 1.54) is 0 Å². The molecule has 0 fully saturated rings. The zero-order chi connectivity index (χ0) is 39.7. The summed E-state index contributed by atoms with van der Waals surface area (Å²) in [6, 6.07) is 1.57. The molecule has 7 atom stereocenters. The lowest BCUT2D eigenvalue weighted by Crippen LogP contribution is -2.61. The predicted octanol–water partition coefficient (Wildman–Crippen LogP) is 1.72. The van der Waals surface area contributed by atoms with Gasteiger partial charge in [0.2, 0.25) is 29.5 Å². The van der Waals surface area contributed by atoms with Gasteiger partial charge in [0.15, 0.2) is 0 Å². The first-order valence-electron chi connectivity index (χ1n) is 18.0. The van der Waals surface area contributed by atoms with Crippen LogP contribution in [0.1, 0.15) is 93.1 Å². The van der Waals surface area contributed by atoms with Crippen LogP contribution in [0.3, 0.4) is 0 Å². The molecular formula is C37H60N6O9. The molecule has 9 N–H and O–H groups in total. The van der Waals surface area contributed by atoms with Crippen molar-refractivity contribution in [1.29, 1.82) is 0 Å². The number of carboxylic acids is 2. The third kappa shape index (κ3) is 16.7. The van der Waals surface area contributed by atoms with Gasteiger partial charge in [0.25, 0.3) is 0 Å². The highest BCUT2D eigenvalue weighted by Gasteiger charge is 2.35. The van der Waals surface area contributed by atoms with Gasteiger partial charge in [-0.2, -0.15) is 0 Å². The minimum atomic E-state index is -1.53. The SMILES string of the molecule is CC[C@H](C)[C@H](NC(=O)[C@H](CC(=O)O)NC(=O)[C@@H](N)CC(C)C)C(=O)N[C@@H](CC(C)C)C(=O)N[C@@H](Cc1ccccc1)C(=O)N[C@@H](CC(C)C)C(=O)O. The van der Waals surface area contributed by atoms with Crippen LogP contribution in [-0.2, 0) is 40.0 Å². The average Bonchev–Trinajstić information content (AvgIpc) is 3.04. The van der Waals surface area contributed by atoms with E-state index in [1.807, 2.05) is 41.5 Å². The molecule has 0 aliphatic heterocycles. The lowest BCUT2D eigenvalue weighted by atomic mass is 9.96. The van der Waals surface area contributed by atoms with Crippen LogP contribution in [0.5, 0.6) is 0 Å². The van der Waals surface area contributed by atoms with Gasteiger partial charge in [0, 0.05) is 6.42 Å². The number of rotatable bonds is 23. The fourth-order valence-corrected chi connectivity index (χ4v) is 5.49. The van der Waals surface area contributed by atoms with Crippen LogP contribution in [0, 0.1) is 23.7 Å². The smallest absolute Gasteiger partial charge is 0.326 e. The van der Waals surface area contributed by atoms with E-state index in [-0.39, 0.29) is 37.0 Å². The zero-order valence-corrected chi connectivity index (χ0v) is 31.7. The van der Waals surface area contributed by atoms with Gasteiger partial charge in [-0.25, -0.2) is 4.79 Å². The highest BCUT2D eigenvalue weighted by Crippen LogP contribution is 2.14. The normalized spacial score (nSPS) is 15.4. The summed E-state index contributed by atoms with van der Waals surface area (Å²) in [6.45, 7) is 14.5. The van der Waals surface area contributed by atoms with Gasteiger partial charge in [0.1, 0.15) is 30.2 Å². The third-order valence-corrected chi connectivity index (χ3v) is 8.44. The second-order valence-corrected chi connectivity index (χ2v) is 14.7. The molecule has 0 saturated heterocycles. The molecule has 0 aliphatic rings. The highest BCUT2D eigenvalue weighted by atomic mass is 16.4. The summed E-state index contributed by atoms with van der Waals surface area (Å²) in [5, 5.41) is 32.1. The molecule has 1 aromatic carbocycles. The van der Waals surface area contributed by atoms with E-state index >= 15 is 0 Å². The molecule has 0 bridgehead atoms. The standard InChI is InChI=1S/C37H60N6O9/c1-9-23(8)31(43-35(49)28(19-30(44)45)39-32(46)25(38)15-20(2)3)36(50)41-26(16-21(4)5)33(47)40-27(18-24-13-11-10-12-14-24)34(48)42-29(37(51)52)17-22(6)7/h10-14,20-23,25-29,31H,9,15-19,38H2,1-8H3,(H,39,46)(H,40,47)(H,41,50)(H,42,48)(H,43,49)(H,44,45)(H,51,52)/t23-,25-,26-,27-,28-,29-,31-/m0/s1. The maximum atomic E-state index is 13.9. The van der Waals surface area contributed by atoms with E-state index in [0.717, 1.165) is 0 Å². The fourth-order valence-electron chi connectivity index (χ4n) is 5.49. The molecule has 0 aliphatic carbocycles. The molecule has 0 spiro atoms. The Bertz CT molecular complexity index is 1350. The number of carbonyl (C=O) groups excluding carboxylic acids is 5. The minimum Gasteiger partial charge on any atom is -0.481 e. The van der Waals surface area contributed by atoms with Crippen molar-refractivity contribution in [3.8, 4) is 0 Å². The Labute approximate surface area is 307 Å². The van der Waals surface area contributed by atoms with Gasteiger partial charge in [-0.3, -0.25) is 28.8 Å². The van der Waals surface area contributed by atoms with E-state index in [9.17, 15) is 43.8 Å². The van der Waals surface area contributed by atoms with Gasteiger partial charge in [-0.1, -0.05) is 92.1 Å². The molecule has 15 heteroatoms. The molecule has 292 valence electrons. The Morgan fingerprint density at radius 1 is 0.596 bits per heavy atom. The number of benzene rings is 1. The number of hydrogen-bond acceptors (Lipinski definition) is 8. The summed E-state index contributed by atoms with van der Waals surface area (Å²) >= 11 is 0. The first-order valence-corrected chi connectivity index (χ1v) is 18.0. The van der Waals surface area contributed by atoms with Crippen LogP contribution in [0.2, 0.25) is 0 Å². The molecule has 1 rings (SSSR count). The first-order chi connectivity index (χ1) is 24.2. The summed E-state index contributed by atoms with van der Waals surface area (Å²) in [5.74, 6) is -6.88. The molecule has 0 radical (unpaired) electrons. The maximum Gasteiger partial charge on any atom is 0.326 e. The molecule has 0 heterocycles. The predicted molar refractivity (Wildman–Crippen MR) is 195 cm³/mol. The third-order valence-electron chi connectivity index (χ3n) is 8.44. The van der Waals surface area contributed by atoms with E-state index in [4.69, 9.17) is 5.73 Å². The largest absolute Gasteiger partial charge is 0.481 e. The van der Waals surface area contributed by atoms with Crippen LogP contribution in [0.4, 0.5) is 0 Å². The van der Waals surface area contributed by atoms with Gasteiger partial charge in [0.05, 0.1) is 12.5 Å². The summed E-state index contributed by atoms with van der Waals surface area (Å²) in [7, 11) is 0. The Hall–Kier alpha value is -4.53. The summed E-state index contributed by atoms with van der Waals surface area (Å²) in [5.41, 5.74) is 6.65. The van der Waals surface area contributed by atoms with Crippen molar-refractivity contribution in [2.45, 2.75) is 130 Å². The highest BCUT2D eigenvalue weighted by molar-refractivity contribution is 5.97. The van der Waals surface area contributed by atoms with Gasteiger partial charge in [-0.15, -0.1) is 0 Å². The lowest BCUT2D eigenvalue weighted by molar-refractivity contribution is -0.143. The van der Waals surface area contributed by atoms with Crippen molar-refractivity contribution in [2.24, 2.45) is 29.4 Å². The number of carbonyl (C=O) groups is 7. The van der Waals surface area contributed by atoms with E-state index in [2.05, 4.69) is 26.6 Å². The topological polar surface area (TPSA) is 246 Å². The molecule has 0 aromatic heterocycles. The van der Waals surface area contributed by atoms with Crippen molar-refractivity contribution >= 4 is 41.5 Å². The second-order valence-electron chi connectivity index (χ2n) is 14.7. The molecule has 1 aromatic rings. The summed E-state index contributed by atoms with van der Waals surface area (Å²) in [6.07, 6.45) is 0.311. The van der Waals surface area contributed by atoms with Crippen LogP contribution < -0.4 is 32.3 Å². The number of nitrogens with one attached hydrogen (secondary N) is 5. The lowest BCUT2D eigenvalue weighted by Gasteiger charge is -2.29. The maximum absolute atomic E-state index is 13.9. The van der Waals surface area contributed by atoms with Crippen molar-refractivity contribution in [3.05, 3.63) is 35.9 Å². The first kappa shape index (κ1) is 45.5. The number of carboxylic acid groups (broad SMARTS) is 2. The van der Waals surface area contributed by atoms with Crippen molar-refractivity contribution in [2.75, 3.05) is 0 Å². The Morgan fingerprint density at radius 2 is 1.06 bits per heavy atom. The Kier molecular flexibility index (Phi) is 19.6. The molecule has 52 heavy (non-hydrogen) atoms. The summed E-state index contributed by atoms with van der Waals surface area (Å²) in [4.78, 5) is 90.9. The van der Waals surface area contributed by atoms with Crippen LogP contribution >= 0.6 is 0 Å². The zero-order valence-electron chi connectivity index (χ0n) is 31.7. The molecule has 0 unspecified atom stereocenters. The van der Waals surface area contributed by atoms with Crippen molar-refractivity contribution in [1.82, 2.24) is 26.6 Å². The number of nitrogens with two attached hydrogens (primary N) is 1. The second kappa shape index (κ2) is 22.4. The van der Waals surface area contributed by atoms with Crippen LogP contribution in [-0.4, -0.2) is 87.9 Å². The molecular weight excluding hydrogens is 672 g/mol. The molecule has 15 nitrogen and oxygen atoms in total.